The Morgan fingerprint density at radius 2 is 2.33 bits per heavy atom. The molecule has 3 atom stereocenters. The Balaban J connectivity index is 1.89. The second-order valence-electron chi connectivity index (χ2n) is 6.22. The standard InChI is InChI=1S/C15H17N7O5S3/c1-21-11(18-19-20-21)10(28)7-5-30-14-15(27-2,17-8(23)6-29-4-3-16)13(26)22(14)9(7)12(24)25/h10,14,28H,4-6H2,1-2H3,(H,17,23)(H,24,25)/t10?,14-,15+/m1/s1. The number of nitrogens with one attached hydrogen (secondary N) is 1. The van der Waals surface area contributed by atoms with Crippen LogP contribution in [0.1, 0.15) is 11.1 Å². The number of β-lactam (4-membered cyclic amide) rings is 1. The Morgan fingerprint density at radius 3 is 2.90 bits per heavy atom. The van der Waals surface area contributed by atoms with Crippen LogP contribution >= 0.6 is 36.2 Å². The van der Waals surface area contributed by atoms with Gasteiger partial charge < -0.3 is 15.2 Å². The van der Waals surface area contributed by atoms with Crippen molar-refractivity contribution in [3.63, 3.8) is 0 Å². The van der Waals surface area contributed by atoms with Gasteiger partial charge >= 0.3 is 5.97 Å². The first-order valence-electron chi connectivity index (χ1n) is 8.41. The number of carboxylic acids is 1. The van der Waals surface area contributed by atoms with Gasteiger partial charge in [0.15, 0.2) is 5.82 Å². The number of aromatic nitrogens is 4. The number of amides is 2. The molecule has 1 aromatic rings. The van der Waals surface area contributed by atoms with Crippen LogP contribution in [0.25, 0.3) is 0 Å². The van der Waals surface area contributed by atoms with Crippen LogP contribution in [-0.4, -0.2) is 83.5 Å². The summed E-state index contributed by atoms with van der Waals surface area (Å²) in [4.78, 5) is 38.3. The summed E-state index contributed by atoms with van der Waals surface area (Å²) in [6.07, 6.45) is 0. The number of methoxy groups -OCH3 is 1. The molecular weight excluding hydrogens is 454 g/mol. The summed E-state index contributed by atoms with van der Waals surface area (Å²) >= 11 is 6.81. The molecule has 1 unspecified atom stereocenters. The van der Waals surface area contributed by atoms with Gasteiger partial charge in [-0.3, -0.25) is 14.5 Å². The van der Waals surface area contributed by atoms with Crippen LogP contribution in [0.2, 0.25) is 0 Å². The lowest BCUT2D eigenvalue weighted by Crippen LogP contribution is -2.80. The molecule has 0 saturated carbocycles. The molecule has 0 radical (unpaired) electrons. The largest absolute Gasteiger partial charge is 0.477 e. The molecular formula is C15H17N7O5S3. The fourth-order valence-electron chi connectivity index (χ4n) is 3.17. The lowest BCUT2D eigenvalue weighted by atomic mass is 9.97. The molecule has 3 rings (SSSR count). The number of ether oxygens (including phenoxy) is 1. The molecule has 30 heavy (non-hydrogen) atoms. The molecule has 15 heteroatoms. The average molecular weight is 472 g/mol. The number of carbonyl (C=O) groups is 3. The van der Waals surface area contributed by atoms with E-state index in [-0.39, 0.29) is 23.0 Å². The zero-order valence-electron chi connectivity index (χ0n) is 15.8. The smallest absolute Gasteiger partial charge is 0.352 e. The number of nitriles is 1. The molecule has 1 aromatic heterocycles. The quantitative estimate of drug-likeness (QED) is 0.187. The second kappa shape index (κ2) is 8.84. The topological polar surface area (TPSA) is 163 Å². The third-order valence-corrected chi connectivity index (χ3v) is 7.22. The van der Waals surface area contributed by atoms with E-state index in [0.29, 0.717) is 11.4 Å². The maximum Gasteiger partial charge on any atom is 0.352 e. The molecule has 2 aliphatic rings. The molecule has 12 nitrogen and oxygen atoms in total. The van der Waals surface area contributed by atoms with Crippen LogP contribution < -0.4 is 5.32 Å². The Labute approximate surface area is 184 Å². The minimum atomic E-state index is -1.68. The van der Waals surface area contributed by atoms with Crippen molar-refractivity contribution in [2.75, 3.05) is 24.4 Å². The molecule has 2 amide bonds. The maximum atomic E-state index is 13.0. The molecule has 0 aromatic carbocycles. The number of hydrogen-bond acceptors (Lipinski definition) is 11. The first-order valence-corrected chi connectivity index (χ1v) is 11.1. The number of carbonyl (C=O) groups excluding carboxylic acids is 2. The molecule has 1 saturated heterocycles. The normalized spacial score (nSPS) is 24.0. The summed E-state index contributed by atoms with van der Waals surface area (Å²) in [6.45, 7) is 0. The predicted molar refractivity (Wildman–Crippen MR) is 109 cm³/mol. The van der Waals surface area contributed by atoms with E-state index < -0.39 is 34.1 Å². The molecule has 0 spiro atoms. The van der Waals surface area contributed by atoms with Gasteiger partial charge in [0.1, 0.15) is 11.1 Å². The predicted octanol–water partition coefficient (Wildman–Crippen LogP) is -0.850. The molecule has 0 bridgehead atoms. The Hall–Kier alpha value is -2.28. The van der Waals surface area contributed by atoms with Gasteiger partial charge in [-0.05, 0) is 16.0 Å². The highest BCUT2D eigenvalue weighted by Crippen LogP contribution is 2.49. The van der Waals surface area contributed by atoms with Crippen molar-refractivity contribution in [3.05, 3.63) is 17.1 Å². The van der Waals surface area contributed by atoms with Crippen LogP contribution in [0.4, 0.5) is 0 Å². The summed E-state index contributed by atoms with van der Waals surface area (Å²) in [5.41, 5.74) is -1.55. The van der Waals surface area contributed by atoms with E-state index in [0.717, 1.165) is 16.7 Å². The minimum Gasteiger partial charge on any atom is -0.477 e. The van der Waals surface area contributed by atoms with Gasteiger partial charge in [-0.1, -0.05) is 0 Å². The van der Waals surface area contributed by atoms with E-state index in [4.69, 9.17) is 10.00 Å². The van der Waals surface area contributed by atoms with Gasteiger partial charge in [-0.15, -0.1) is 28.6 Å². The van der Waals surface area contributed by atoms with Crippen LogP contribution in [0.15, 0.2) is 11.3 Å². The highest BCUT2D eigenvalue weighted by molar-refractivity contribution is 8.00. The number of fused-ring (bicyclic) bond motifs is 1. The van der Waals surface area contributed by atoms with E-state index in [1.54, 1.807) is 7.05 Å². The maximum absolute atomic E-state index is 13.0. The van der Waals surface area contributed by atoms with E-state index in [1.807, 2.05) is 6.07 Å². The number of aryl methyl sites for hydroxylation is 1. The Morgan fingerprint density at radius 1 is 1.60 bits per heavy atom. The summed E-state index contributed by atoms with van der Waals surface area (Å²) in [5, 5.41) is 30.6. The fraction of sp³-hybridized carbons (Fsp3) is 0.533. The van der Waals surface area contributed by atoms with Crippen LogP contribution in [0.3, 0.4) is 0 Å². The van der Waals surface area contributed by atoms with Gasteiger partial charge in [0.2, 0.25) is 5.91 Å². The highest BCUT2D eigenvalue weighted by Gasteiger charge is 2.66. The number of rotatable bonds is 8. The van der Waals surface area contributed by atoms with Gasteiger partial charge in [-0.25, -0.2) is 9.48 Å². The lowest BCUT2D eigenvalue weighted by molar-refractivity contribution is -0.192. The fourth-order valence-corrected chi connectivity index (χ4v) is 5.66. The number of nitrogens with zero attached hydrogens (tertiary/aromatic N) is 6. The lowest BCUT2D eigenvalue weighted by Gasteiger charge is -2.56. The monoisotopic (exact) mass is 471 g/mol. The molecule has 0 aliphatic carbocycles. The summed E-state index contributed by atoms with van der Waals surface area (Å²) in [6, 6.07) is 1.91. The Kier molecular flexibility index (Phi) is 6.60. The number of hydrogen-bond donors (Lipinski definition) is 3. The molecule has 2 N–H and O–H groups in total. The second-order valence-corrected chi connectivity index (χ2v) is 8.79. The van der Waals surface area contributed by atoms with E-state index in [9.17, 15) is 19.5 Å². The SMILES string of the molecule is CO[C@@]1(NC(=O)CSCC#N)C(=O)N2C(C(=O)O)=C(C(S)c3nnnn3C)CS[C@@H]21. The first kappa shape index (κ1) is 22.4. The molecule has 2 aliphatic heterocycles. The zero-order valence-corrected chi connectivity index (χ0v) is 18.3. The summed E-state index contributed by atoms with van der Waals surface area (Å²) < 4.78 is 6.73. The van der Waals surface area contributed by atoms with Gasteiger partial charge in [0.25, 0.3) is 11.6 Å². The molecule has 160 valence electrons. The number of aliphatic carboxylic acids is 1. The van der Waals surface area contributed by atoms with E-state index in [1.165, 1.54) is 23.6 Å². The van der Waals surface area contributed by atoms with Crippen LogP contribution in [-0.2, 0) is 26.2 Å². The third-order valence-electron chi connectivity index (χ3n) is 4.54. The summed E-state index contributed by atoms with van der Waals surface area (Å²) in [7, 11) is 2.87. The van der Waals surface area contributed by atoms with Gasteiger partial charge in [0.05, 0.1) is 22.8 Å². The van der Waals surface area contributed by atoms with Crippen LogP contribution in [0, 0.1) is 11.3 Å². The summed E-state index contributed by atoms with van der Waals surface area (Å²) in [5.74, 6) is -1.86. The number of thiol groups is 1. The number of thioether (sulfide) groups is 2. The van der Waals surface area contributed by atoms with Gasteiger partial charge in [-0.2, -0.15) is 17.9 Å². The Bertz CT molecular complexity index is 961. The minimum absolute atomic E-state index is 0.0336. The highest BCUT2D eigenvalue weighted by atomic mass is 32.2. The van der Waals surface area contributed by atoms with Crippen molar-refractivity contribution in [1.29, 1.82) is 5.26 Å². The van der Waals surface area contributed by atoms with Crippen LogP contribution in [0.5, 0.6) is 0 Å². The van der Waals surface area contributed by atoms with Gasteiger partial charge in [0, 0.05) is 19.9 Å². The molecule has 3 heterocycles. The average Bonchev–Trinajstić information content (AvgIpc) is 3.16. The zero-order chi connectivity index (χ0) is 22.1. The van der Waals surface area contributed by atoms with Crippen molar-refractivity contribution >= 4 is 53.9 Å². The van der Waals surface area contributed by atoms with Crippen molar-refractivity contribution in [3.8, 4) is 6.07 Å². The first-order chi connectivity index (χ1) is 14.3. The number of tetrazole rings is 1. The molecule has 1 fully saturated rings. The van der Waals surface area contributed by atoms with E-state index in [2.05, 4.69) is 33.5 Å². The van der Waals surface area contributed by atoms with Crippen molar-refractivity contribution in [2.45, 2.75) is 16.3 Å². The van der Waals surface area contributed by atoms with Crippen molar-refractivity contribution < 1.29 is 24.2 Å². The van der Waals surface area contributed by atoms with Crippen molar-refractivity contribution in [1.82, 2.24) is 30.4 Å². The van der Waals surface area contributed by atoms with E-state index >= 15 is 0 Å². The third kappa shape index (κ3) is 3.64. The number of carboxylic acid groups (broad SMARTS) is 1. The van der Waals surface area contributed by atoms with Crippen molar-refractivity contribution in [2.24, 2.45) is 7.05 Å².